The highest BCUT2D eigenvalue weighted by atomic mass is 16.5. The molecule has 1 aromatic heterocycles. The average Bonchev–Trinajstić information content (AvgIpc) is 2.56. The van der Waals surface area contributed by atoms with Crippen molar-refractivity contribution in [1.82, 2.24) is 4.57 Å². The van der Waals surface area contributed by atoms with Gasteiger partial charge in [-0.05, 0) is 6.92 Å². The van der Waals surface area contributed by atoms with Crippen LogP contribution in [0.2, 0.25) is 0 Å². The van der Waals surface area contributed by atoms with Gasteiger partial charge in [0, 0.05) is 6.20 Å². The second kappa shape index (κ2) is 4.85. The molecule has 0 saturated carbocycles. The van der Waals surface area contributed by atoms with Gasteiger partial charge in [-0.2, -0.15) is 10.5 Å². The van der Waals surface area contributed by atoms with Gasteiger partial charge in [0.1, 0.15) is 12.6 Å². The van der Waals surface area contributed by atoms with Crippen LogP contribution in [0, 0.1) is 22.7 Å². The number of esters is 1. The zero-order valence-corrected chi connectivity index (χ0v) is 8.73. The molecule has 1 rings (SSSR count). The Hall–Kier alpha value is -2.47. The van der Waals surface area contributed by atoms with E-state index < -0.39 is 5.97 Å². The monoisotopic (exact) mass is 218 g/mol. The normalized spacial score (nSPS) is 9.19. The molecule has 1 heterocycles. The Morgan fingerprint density at radius 3 is 2.81 bits per heavy atom. The van der Waals surface area contributed by atoms with E-state index >= 15 is 0 Å². The van der Waals surface area contributed by atoms with Crippen LogP contribution in [-0.2, 0) is 11.3 Å². The molecule has 0 atom stereocenters. The van der Waals surface area contributed by atoms with Gasteiger partial charge in [-0.1, -0.05) is 0 Å². The summed E-state index contributed by atoms with van der Waals surface area (Å²) in [4.78, 5) is 11.5. The lowest BCUT2D eigenvalue weighted by atomic mass is 10.3. The van der Waals surface area contributed by atoms with Gasteiger partial charge in [-0.3, -0.25) is 0 Å². The van der Waals surface area contributed by atoms with Crippen molar-refractivity contribution < 1.29 is 9.53 Å². The number of ether oxygens (including phenoxy) is 1. The van der Waals surface area contributed by atoms with E-state index in [4.69, 9.17) is 21.0 Å². The van der Waals surface area contributed by atoms with Crippen molar-refractivity contribution in [2.75, 3.05) is 12.3 Å². The first-order valence-corrected chi connectivity index (χ1v) is 4.58. The fraction of sp³-hybridized carbons (Fsp3) is 0.300. The smallest absolute Gasteiger partial charge is 0.357 e. The van der Waals surface area contributed by atoms with Crippen LogP contribution in [0.3, 0.4) is 0 Å². The molecular weight excluding hydrogens is 208 g/mol. The molecule has 0 fully saturated rings. The zero-order valence-electron chi connectivity index (χ0n) is 8.73. The highest BCUT2D eigenvalue weighted by Gasteiger charge is 2.20. The number of nitriles is 2. The van der Waals surface area contributed by atoms with Crippen molar-refractivity contribution in [2.24, 2.45) is 0 Å². The Balaban J connectivity index is 3.25. The van der Waals surface area contributed by atoms with Crippen molar-refractivity contribution in [3.8, 4) is 12.1 Å². The van der Waals surface area contributed by atoms with Crippen LogP contribution in [0.15, 0.2) is 6.20 Å². The quantitative estimate of drug-likeness (QED) is 0.749. The van der Waals surface area contributed by atoms with E-state index in [0.29, 0.717) is 0 Å². The van der Waals surface area contributed by atoms with Gasteiger partial charge < -0.3 is 15.0 Å². The van der Waals surface area contributed by atoms with E-state index in [1.165, 1.54) is 10.8 Å². The molecular formula is C10H10N4O2. The summed E-state index contributed by atoms with van der Waals surface area (Å²) in [6, 6.07) is 3.72. The molecule has 0 unspecified atom stereocenters. The summed E-state index contributed by atoms with van der Waals surface area (Å²) in [6.45, 7) is 1.81. The van der Waals surface area contributed by atoms with Crippen LogP contribution >= 0.6 is 0 Å². The lowest BCUT2D eigenvalue weighted by Crippen LogP contribution is -2.13. The Kier molecular flexibility index (Phi) is 3.52. The van der Waals surface area contributed by atoms with Gasteiger partial charge in [0.15, 0.2) is 5.69 Å². The van der Waals surface area contributed by atoms with Crippen LogP contribution in [0.25, 0.3) is 0 Å². The standard InChI is InChI=1S/C10H10N4O2/c1-2-16-10(15)9-8(13)7(5-12)6-14(9)4-3-11/h6H,2,4,13H2,1H3. The van der Waals surface area contributed by atoms with Crippen LogP contribution in [0.5, 0.6) is 0 Å². The van der Waals surface area contributed by atoms with Gasteiger partial charge in [0.05, 0.1) is 23.9 Å². The Bertz CT molecular complexity index is 490. The van der Waals surface area contributed by atoms with Gasteiger partial charge in [0.25, 0.3) is 0 Å². The first kappa shape index (κ1) is 11.6. The van der Waals surface area contributed by atoms with E-state index in [-0.39, 0.29) is 30.1 Å². The topological polar surface area (TPSA) is 105 Å². The van der Waals surface area contributed by atoms with Gasteiger partial charge in [-0.25, -0.2) is 4.79 Å². The first-order chi connectivity index (χ1) is 7.65. The van der Waals surface area contributed by atoms with E-state index in [0.717, 1.165) is 0 Å². The lowest BCUT2D eigenvalue weighted by Gasteiger charge is -2.05. The summed E-state index contributed by atoms with van der Waals surface area (Å²) in [5.74, 6) is -0.628. The molecule has 0 amide bonds. The Morgan fingerprint density at radius 2 is 2.31 bits per heavy atom. The van der Waals surface area contributed by atoms with Crippen molar-refractivity contribution in [3.63, 3.8) is 0 Å². The molecule has 0 aliphatic rings. The Morgan fingerprint density at radius 1 is 1.62 bits per heavy atom. The molecule has 0 aliphatic carbocycles. The number of anilines is 1. The van der Waals surface area contributed by atoms with E-state index in [9.17, 15) is 4.79 Å². The number of nitrogens with zero attached hydrogens (tertiary/aromatic N) is 3. The number of nitrogen functional groups attached to an aromatic ring is 1. The van der Waals surface area contributed by atoms with Gasteiger partial charge in [-0.15, -0.1) is 0 Å². The maximum absolute atomic E-state index is 11.5. The third-order valence-corrected chi connectivity index (χ3v) is 1.95. The molecule has 6 nitrogen and oxygen atoms in total. The highest BCUT2D eigenvalue weighted by molar-refractivity contribution is 5.95. The number of rotatable bonds is 3. The second-order valence-corrected chi connectivity index (χ2v) is 2.92. The number of nitrogens with two attached hydrogens (primary N) is 1. The predicted octanol–water partition coefficient (Wildman–Crippen LogP) is 0.642. The summed E-state index contributed by atoms with van der Waals surface area (Å²) >= 11 is 0. The summed E-state index contributed by atoms with van der Waals surface area (Å²) in [5, 5.41) is 17.3. The average molecular weight is 218 g/mol. The van der Waals surface area contributed by atoms with E-state index in [1.54, 1.807) is 6.92 Å². The van der Waals surface area contributed by atoms with Crippen LogP contribution in [0.1, 0.15) is 23.0 Å². The third-order valence-electron chi connectivity index (χ3n) is 1.95. The number of hydrogen-bond donors (Lipinski definition) is 1. The SMILES string of the molecule is CCOC(=O)c1c(N)c(C#N)cn1CC#N. The molecule has 0 radical (unpaired) electrons. The summed E-state index contributed by atoms with van der Waals surface area (Å²) in [7, 11) is 0. The minimum Gasteiger partial charge on any atom is -0.461 e. The molecule has 6 heteroatoms. The molecule has 0 bridgehead atoms. The maximum atomic E-state index is 11.5. The first-order valence-electron chi connectivity index (χ1n) is 4.58. The maximum Gasteiger partial charge on any atom is 0.357 e. The van der Waals surface area contributed by atoms with E-state index in [1.807, 2.05) is 12.1 Å². The molecule has 0 saturated heterocycles. The van der Waals surface area contributed by atoms with Crippen molar-refractivity contribution in [1.29, 1.82) is 10.5 Å². The van der Waals surface area contributed by atoms with Crippen molar-refractivity contribution >= 4 is 11.7 Å². The number of aromatic nitrogens is 1. The number of hydrogen-bond acceptors (Lipinski definition) is 5. The summed E-state index contributed by atoms with van der Waals surface area (Å²) in [5.41, 5.74) is 5.90. The summed E-state index contributed by atoms with van der Waals surface area (Å²) < 4.78 is 6.11. The number of carbonyl (C=O) groups excluding carboxylic acids is 1. The largest absolute Gasteiger partial charge is 0.461 e. The molecule has 82 valence electrons. The van der Waals surface area contributed by atoms with Crippen molar-refractivity contribution in [2.45, 2.75) is 13.5 Å². The molecule has 1 aromatic rings. The van der Waals surface area contributed by atoms with Crippen molar-refractivity contribution in [3.05, 3.63) is 17.5 Å². The molecule has 0 aliphatic heterocycles. The zero-order chi connectivity index (χ0) is 12.1. The molecule has 0 aromatic carbocycles. The second-order valence-electron chi connectivity index (χ2n) is 2.92. The van der Waals surface area contributed by atoms with Crippen LogP contribution in [0.4, 0.5) is 5.69 Å². The van der Waals surface area contributed by atoms with Crippen LogP contribution in [-0.4, -0.2) is 17.1 Å². The third kappa shape index (κ3) is 1.96. The fourth-order valence-corrected chi connectivity index (χ4v) is 1.29. The molecule has 0 spiro atoms. The van der Waals surface area contributed by atoms with Crippen LogP contribution < -0.4 is 5.73 Å². The summed E-state index contributed by atoms with van der Waals surface area (Å²) in [6.07, 6.45) is 1.37. The Labute approximate surface area is 92.4 Å². The number of carbonyl (C=O) groups is 1. The molecule has 16 heavy (non-hydrogen) atoms. The minimum atomic E-state index is -0.628. The fourth-order valence-electron chi connectivity index (χ4n) is 1.29. The minimum absolute atomic E-state index is 0.0520. The van der Waals surface area contributed by atoms with Gasteiger partial charge in [0.2, 0.25) is 0 Å². The van der Waals surface area contributed by atoms with Gasteiger partial charge >= 0.3 is 5.97 Å². The molecule has 2 N–H and O–H groups in total. The van der Waals surface area contributed by atoms with E-state index in [2.05, 4.69) is 0 Å². The predicted molar refractivity (Wildman–Crippen MR) is 55.1 cm³/mol. The highest BCUT2D eigenvalue weighted by Crippen LogP contribution is 2.20. The lowest BCUT2D eigenvalue weighted by molar-refractivity contribution is 0.0516.